The van der Waals surface area contributed by atoms with Crippen LogP contribution in [0.15, 0.2) is 65.8 Å². The number of benzene rings is 3. The highest BCUT2D eigenvalue weighted by Gasteiger charge is 2.32. The number of aryl methyl sites for hydroxylation is 1. The molecule has 0 fully saturated rings. The summed E-state index contributed by atoms with van der Waals surface area (Å²) in [5, 5.41) is 19.3. The van der Waals surface area contributed by atoms with Crippen molar-refractivity contribution in [3.63, 3.8) is 0 Å². The van der Waals surface area contributed by atoms with Gasteiger partial charge in [-0.3, -0.25) is 4.79 Å². The molecule has 2 heterocycles. The van der Waals surface area contributed by atoms with Crippen LogP contribution in [0.3, 0.4) is 0 Å². The number of nitrogens with zero attached hydrogens (tertiary/aromatic N) is 1. The van der Waals surface area contributed by atoms with E-state index in [0.29, 0.717) is 17.7 Å². The molecule has 1 unspecified atom stereocenters. The molecular formula is C30H26F3N3O6S. The number of imidazole rings is 1. The minimum atomic E-state index is -4.11. The molecule has 0 aliphatic rings. The van der Waals surface area contributed by atoms with E-state index in [9.17, 15) is 22.7 Å². The summed E-state index contributed by atoms with van der Waals surface area (Å²) >= 11 is 0. The summed E-state index contributed by atoms with van der Waals surface area (Å²) in [7, 11) is -4.11. The molecule has 3 aromatic carbocycles. The Labute approximate surface area is 243 Å². The normalized spacial score (nSPS) is 13.3. The number of carboxylic acids is 1. The number of aromatic nitrogens is 3. The minimum Gasteiger partial charge on any atom is -0.481 e. The quantitative estimate of drug-likeness (QED) is 0.153. The van der Waals surface area contributed by atoms with Crippen molar-refractivity contribution in [3.05, 3.63) is 95.2 Å². The summed E-state index contributed by atoms with van der Waals surface area (Å²) in [6.07, 6.45) is 3.74. The van der Waals surface area contributed by atoms with Crippen LogP contribution in [-0.4, -0.2) is 52.4 Å². The van der Waals surface area contributed by atoms with Gasteiger partial charge in [0.2, 0.25) is 5.82 Å². The van der Waals surface area contributed by atoms with E-state index in [1.54, 1.807) is 31.2 Å². The number of nitrogens with one attached hydrogen (secondary N) is 2. The van der Waals surface area contributed by atoms with Crippen LogP contribution in [-0.2, 0) is 26.5 Å². The van der Waals surface area contributed by atoms with Crippen molar-refractivity contribution in [2.45, 2.75) is 30.1 Å². The molecule has 0 bridgehead atoms. The monoisotopic (exact) mass is 613 g/mol. The number of carboxylic acid groups (broad SMARTS) is 1. The zero-order valence-electron chi connectivity index (χ0n) is 22.9. The van der Waals surface area contributed by atoms with Gasteiger partial charge in [-0.2, -0.15) is 4.39 Å². The lowest BCUT2D eigenvalue weighted by Gasteiger charge is -2.27. The van der Waals surface area contributed by atoms with Crippen molar-refractivity contribution in [3.8, 4) is 22.9 Å². The first-order valence-corrected chi connectivity index (χ1v) is 14.9. The highest BCUT2D eigenvalue weighted by Crippen LogP contribution is 2.40. The summed E-state index contributed by atoms with van der Waals surface area (Å²) in [5.74, 6) is -5.60. The maximum Gasteiger partial charge on any atom is 0.303 e. The smallest absolute Gasteiger partial charge is 0.303 e. The lowest BCUT2D eigenvalue weighted by Crippen LogP contribution is -2.29. The standard InChI is InChI=1S/C30H26F3N3O6S/c1-30(15-37,17-5-3-4-16(12-17)6-9-23(38)39)22-14-35-29(36-22)20-13-18(7-8-21(20)31)42-27-25(33)24(32)26-19(10-11-34-26)28(27)43(2,40)41/h3-5,7-8,10-14,34,37H,6,9,15H2,1-2H3,(H,35,36)(H,38,39). The average Bonchev–Trinajstić information content (AvgIpc) is 3.66. The topological polar surface area (TPSA) is 145 Å². The summed E-state index contributed by atoms with van der Waals surface area (Å²) < 4.78 is 75.6. The van der Waals surface area contributed by atoms with Gasteiger partial charge in [0.25, 0.3) is 0 Å². The predicted octanol–water partition coefficient (Wildman–Crippen LogP) is 5.49. The van der Waals surface area contributed by atoms with E-state index in [1.807, 2.05) is 0 Å². The van der Waals surface area contributed by atoms with Crippen LogP contribution in [0, 0.1) is 17.5 Å². The van der Waals surface area contributed by atoms with Crippen molar-refractivity contribution in [1.29, 1.82) is 0 Å². The minimum absolute atomic E-state index is 0.0238. The number of halogens is 3. The molecule has 0 spiro atoms. The Kier molecular flexibility index (Phi) is 7.80. The number of sulfone groups is 1. The van der Waals surface area contributed by atoms with Crippen LogP contribution in [0.4, 0.5) is 13.2 Å². The van der Waals surface area contributed by atoms with Crippen molar-refractivity contribution in [2.75, 3.05) is 12.9 Å². The molecule has 2 aromatic heterocycles. The molecule has 0 radical (unpaired) electrons. The Hall–Kier alpha value is -4.62. The summed E-state index contributed by atoms with van der Waals surface area (Å²) in [5.41, 5.74) is 0.334. The van der Waals surface area contributed by atoms with Gasteiger partial charge in [0.05, 0.1) is 23.1 Å². The first kappa shape index (κ1) is 29.9. The largest absolute Gasteiger partial charge is 0.481 e. The molecule has 0 saturated carbocycles. The van der Waals surface area contributed by atoms with Gasteiger partial charge < -0.3 is 24.9 Å². The zero-order valence-corrected chi connectivity index (χ0v) is 23.7. The van der Waals surface area contributed by atoms with Crippen LogP contribution in [0.25, 0.3) is 22.3 Å². The number of rotatable bonds is 10. The van der Waals surface area contributed by atoms with Crippen molar-refractivity contribution >= 4 is 26.7 Å². The summed E-state index contributed by atoms with van der Waals surface area (Å²) in [4.78, 5) is 20.2. The van der Waals surface area contributed by atoms with Gasteiger partial charge in [-0.1, -0.05) is 24.3 Å². The molecule has 1 atom stereocenters. The number of hydrogen-bond acceptors (Lipinski definition) is 6. The fourth-order valence-corrected chi connectivity index (χ4v) is 5.93. The maximum atomic E-state index is 15.1. The van der Waals surface area contributed by atoms with Crippen LogP contribution in [0.2, 0.25) is 0 Å². The number of H-pyrrole nitrogens is 2. The Morgan fingerprint density at radius 2 is 1.86 bits per heavy atom. The van der Waals surface area contributed by atoms with Gasteiger partial charge in [0.1, 0.15) is 22.3 Å². The van der Waals surface area contributed by atoms with Crippen molar-refractivity contribution < 1.29 is 41.3 Å². The summed E-state index contributed by atoms with van der Waals surface area (Å²) in [6.45, 7) is 1.36. The van der Waals surface area contributed by atoms with Crippen LogP contribution in [0.5, 0.6) is 11.5 Å². The molecule has 13 heteroatoms. The molecule has 5 rings (SSSR count). The Morgan fingerprint density at radius 1 is 1.09 bits per heavy atom. The van der Waals surface area contributed by atoms with E-state index in [1.165, 1.54) is 18.5 Å². The molecule has 0 amide bonds. The SMILES string of the molecule is CC(CO)(c1cccc(CCC(=O)O)c1)c1cnc(-c2cc(Oc3c(F)c(F)c4[nH]ccc4c3S(C)(=O)=O)ccc2F)[nH]1. The number of aliphatic carboxylic acids is 1. The third kappa shape index (κ3) is 5.60. The molecule has 0 aliphatic carbocycles. The third-order valence-corrected chi connectivity index (χ3v) is 8.42. The van der Waals surface area contributed by atoms with Crippen LogP contribution >= 0.6 is 0 Å². The third-order valence-electron chi connectivity index (χ3n) is 7.27. The number of ether oxygens (including phenoxy) is 1. The van der Waals surface area contributed by atoms with E-state index in [4.69, 9.17) is 9.84 Å². The second-order valence-corrected chi connectivity index (χ2v) is 12.3. The number of carbonyl (C=O) groups is 1. The number of aromatic amines is 2. The second kappa shape index (κ2) is 11.2. The Balaban J connectivity index is 1.52. The van der Waals surface area contributed by atoms with Gasteiger partial charge >= 0.3 is 5.97 Å². The Morgan fingerprint density at radius 3 is 2.56 bits per heavy atom. The average molecular weight is 614 g/mol. The predicted molar refractivity (Wildman–Crippen MR) is 151 cm³/mol. The highest BCUT2D eigenvalue weighted by molar-refractivity contribution is 7.91. The lowest BCUT2D eigenvalue weighted by atomic mass is 9.80. The molecule has 0 saturated heterocycles. The van der Waals surface area contributed by atoms with E-state index in [-0.39, 0.29) is 41.1 Å². The van der Waals surface area contributed by atoms with E-state index in [2.05, 4.69) is 15.0 Å². The van der Waals surface area contributed by atoms with Crippen LogP contribution < -0.4 is 4.74 Å². The number of aliphatic hydroxyl groups is 1. The first-order valence-electron chi connectivity index (χ1n) is 13.0. The Bertz CT molecular complexity index is 1970. The summed E-state index contributed by atoms with van der Waals surface area (Å²) in [6, 6.07) is 11.7. The van der Waals surface area contributed by atoms with Gasteiger partial charge in [-0.15, -0.1) is 0 Å². The second-order valence-electron chi connectivity index (χ2n) is 10.3. The molecule has 0 aliphatic heterocycles. The number of fused-ring (bicyclic) bond motifs is 1. The number of hydrogen-bond donors (Lipinski definition) is 4. The number of aliphatic hydroxyl groups excluding tert-OH is 1. The molecule has 5 aromatic rings. The van der Waals surface area contributed by atoms with Crippen molar-refractivity contribution in [1.82, 2.24) is 15.0 Å². The van der Waals surface area contributed by atoms with Gasteiger partial charge in [0.15, 0.2) is 21.4 Å². The van der Waals surface area contributed by atoms with E-state index >= 15 is 8.78 Å². The molecule has 4 N–H and O–H groups in total. The van der Waals surface area contributed by atoms with Gasteiger partial charge in [0, 0.05) is 36.2 Å². The lowest BCUT2D eigenvalue weighted by molar-refractivity contribution is -0.136. The van der Waals surface area contributed by atoms with Gasteiger partial charge in [-0.25, -0.2) is 22.2 Å². The molecule has 43 heavy (non-hydrogen) atoms. The maximum absolute atomic E-state index is 15.1. The molecular weight excluding hydrogens is 587 g/mol. The van der Waals surface area contributed by atoms with E-state index < -0.39 is 49.3 Å². The highest BCUT2D eigenvalue weighted by atomic mass is 32.2. The van der Waals surface area contributed by atoms with Crippen molar-refractivity contribution in [2.24, 2.45) is 0 Å². The fraction of sp³-hybridized carbons (Fsp3) is 0.200. The van der Waals surface area contributed by atoms with Gasteiger partial charge in [-0.05, 0) is 48.7 Å². The fourth-order valence-electron chi connectivity index (χ4n) is 4.89. The molecule has 224 valence electrons. The molecule has 9 nitrogen and oxygen atoms in total. The van der Waals surface area contributed by atoms with E-state index in [0.717, 1.165) is 30.0 Å². The zero-order chi connectivity index (χ0) is 31.1. The van der Waals surface area contributed by atoms with Crippen LogP contribution in [0.1, 0.15) is 30.2 Å². The first-order chi connectivity index (χ1) is 20.3.